The maximum Gasteiger partial charge on any atom is 0.162 e. The van der Waals surface area contributed by atoms with E-state index in [1.807, 2.05) is 43.3 Å². The number of halogens is 2. The molecule has 0 aliphatic carbocycles. The van der Waals surface area contributed by atoms with Crippen LogP contribution in [0.5, 0.6) is 11.5 Å². The van der Waals surface area contributed by atoms with Crippen molar-refractivity contribution in [3.05, 3.63) is 57.0 Å². The number of hydrogen-bond donors (Lipinski definition) is 1. The molecule has 1 aliphatic heterocycles. The Morgan fingerprint density at radius 1 is 1.19 bits per heavy atom. The highest BCUT2D eigenvalue weighted by Crippen LogP contribution is 2.35. The third-order valence-corrected chi connectivity index (χ3v) is 5.57. The van der Waals surface area contributed by atoms with Crippen LogP contribution in [0.25, 0.3) is 0 Å². The molecule has 3 rings (SSSR count). The fourth-order valence-corrected chi connectivity index (χ4v) is 3.69. The molecule has 0 radical (unpaired) electrons. The Hall–Kier alpha value is -1.27. The molecule has 4 nitrogen and oxygen atoms in total. The molecular formula is C21H25BrClNO3. The molecule has 1 N–H and O–H groups in total. The molecule has 0 aromatic heterocycles. The van der Waals surface area contributed by atoms with Gasteiger partial charge in [0.05, 0.1) is 12.7 Å². The number of hydrogen-bond acceptors (Lipinski definition) is 4. The van der Waals surface area contributed by atoms with Crippen molar-refractivity contribution in [1.82, 2.24) is 5.32 Å². The van der Waals surface area contributed by atoms with Gasteiger partial charge in [-0.3, -0.25) is 0 Å². The summed E-state index contributed by atoms with van der Waals surface area (Å²) in [6, 6.07) is 11.7. The molecule has 2 aromatic rings. The lowest BCUT2D eigenvalue weighted by atomic mass is 10.2. The summed E-state index contributed by atoms with van der Waals surface area (Å²) in [5.74, 6) is 1.44. The summed E-state index contributed by atoms with van der Waals surface area (Å²) in [5, 5.41) is 4.17. The third kappa shape index (κ3) is 5.85. The van der Waals surface area contributed by atoms with Crippen molar-refractivity contribution in [3.63, 3.8) is 0 Å². The highest BCUT2D eigenvalue weighted by Gasteiger charge is 2.16. The largest absolute Gasteiger partial charge is 0.490 e. The Morgan fingerprint density at radius 3 is 2.74 bits per heavy atom. The van der Waals surface area contributed by atoms with Gasteiger partial charge in [0.1, 0.15) is 6.61 Å². The van der Waals surface area contributed by atoms with Crippen LogP contribution in [0.3, 0.4) is 0 Å². The van der Waals surface area contributed by atoms with Crippen LogP contribution in [0.4, 0.5) is 0 Å². The van der Waals surface area contributed by atoms with E-state index in [4.69, 9.17) is 25.8 Å². The zero-order valence-corrected chi connectivity index (χ0v) is 17.8. The Kier molecular flexibility index (Phi) is 7.82. The predicted molar refractivity (Wildman–Crippen MR) is 112 cm³/mol. The number of rotatable bonds is 9. The number of benzene rings is 2. The van der Waals surface area contributed by atoms with Crippen molar-refractivity contribution in [2.45, 2.75) is 39.0 Å². The Morgan fingerprint density at radius 2 is 2.00 bits per heavy atom. The zero-order valence-electron chi connectivity index (χ0n) is 15.5. The summed E-state index contributed by atoms with van der Waals surface area (Å²) in [4.78, 5) is 0. The van der Waals surface area contributed by atoms with Crippen LogP contribution < -0.4 is 14.8 Å². The van der Waals surface area contributed by atoms with Crippen molar-refractivity contribution < 1.29 is 14.2 Å². The lowest BCUT2D eigenvalue weighted by Crippen LogP contribution is -2.25. The third-order valence-electron chi connectivity index (χ3n) is 4.47. The monoisotopic (exact) mass is 453 g/mol. The van der Waals surface area contributed by atoms with E-state index in [9.17, 15) is 0 Å². The van der Waals surface area contributed by atoms with Crippen LogP contribution in [0.2, 0.25) is 5.02 Å². The molecule has 1 unspecified atom stereocenters. The predicted octanol–water partition coefficient (Wildman–Crippen LogP) is 5.35. The van der Waals surface area contributed by atoms with Gasteiger partial charge in [-0.1, -0.05) is 45.7 Å². The first-order valence-corrected chi connectivity index (χ1v) is 10.5. The smallest absolute Gasteiger partial charge is 0.162 e. The van der Waals surface area contributed by atoms with Gasteiger partial charge in [-0.25, -0.2) is 0 Å². The van der Waals surface area contributed by atoms with E-state index in [1.165, 1.54) is 0 Å². The maximum atomic E-state index is 6.22. The Balaban J connectivity index is 1.66. The van der Waals surface area contributed by atoms with Gasteiger partial charge in [-0.05, 0) is 43.5 Å². The van der Waals surface area contributed by atoms with Crippen molar-refractivity contribution in [1.29, 1.82) is 0 Å². The summed E-state index contributed by atoms with van der Waals surface area (Å²) in [5.41, 5.74) is 2.07. The van der Waals surface area contributed by atoms with Crippen molar-refractivity contribution >= 4 is 27.5 Å². The fourth-order valence-electron chi connectivity index (χ4n) is 3.04. The van der Waals surface area contributed by atoms with E-state index in [-0.39, 0.29) is 0 Å². The van der Waals surface area contributed by atoms with Crippen molar-refractivity contribution in [3.8, 4) is 11.5 Å². The average Bonchev–Trinajstić information content (AvgIpc) is 3.17. The van der Waals surface area contributed by atoms with E-state index < -0.39 is 0 Å². The van der Waals surface area contributed by atoms with E-state index in [1.54, 1.807) is 0 Å². The molecule has 146 valence electrons. The zero-order chi connectivity index (χ0) is 19.1. The molecule has 1 saturated heterocycles. The van der Waals surface area contributed by atoms with E-state index in [0.29, 0.717) is 30.1 Å². The first-order chi connectivity index (χ1) is 13.2. The molecule has 1 atom stereocenters. The number of ether oxygens (including phenoxy) is 3. The second-order valence-electron chi connectivity index (χ2n) is 6.47. The minimum Gasteiger partial charge on any atom is -0.490 e. The van der Waals surface area contributed by atoms with Gasteiger partial charge in [0.2, 0.25) is 0 Å². The van der Waals surface area contributed by atoms with Gasteiger partial charge in [-0.15, -0.1) is 0 Å². The SMILES string of the molecule is CCOc1cc(CNCC2CCCO2)c(Br)cc1OCc1ccccc1Cl. The first-order valence-electron chi connectivity index (χ1n) is 9.31. The van der Waals surface area contributed by atoms with Gasteiger partial charge >= 0.3 is 0 Å². The van der Waals surface area contributed by atoms with Crippen LogP contribution in [-0.4, -0.2) is 25.9 Å². The molecule has 0 bridgehead atoms. The van der Waals surface area contributed by atoms with Gasteiger partial charge in [-0.2, -0.15) is 0 Å². The molecule has 0 saturated carbocycles. The standard InChI is InChI=1S/C21H25BrClNO3/c1-2-25-20-10-16(12-24-13-17-7-5-9-26-17)18(22)11-21(20)27-14-15-6-3-4-8-19(15)23/h3-4,6,8,10-11,17,24H,2,5,7,9,12-14H2,1H3. The van der Waals surface area contributed by atoms with Crippen LogP contribution in [0.15, 0.2) is 40.9 Å². The quantitative estimate of drug-likeness (QED) is 0.554. The summed E-state index contributed by atoms with van der Waals surface area (Å²) in [6.07, 6.45) is 2.61. The fraction of sp³-hybridized carbons (Fsp3) is 0.429. The van der Waals surface area contributed by atoms with Gasteiger partial charge in [0, 0.05) is 34.8 Å². The maximum absolute atomic E-state index is 6.22. The summed E-state index contributed by atoms with van der Waals surface area (Å²) >= 11 is 9.87. The molecule has 2 aromatic carbocycles. The Labute approximate surface area is 174 Å². The normalized spacial score (nSPS) is 16.5. The minimum atomic E-state index is 0.327. The van der Waals surface area contributed by atoms with Crippen LogP contribution in [0, 0.1) is 0 Å². The van der Waals surface area contributed by atoms with Crippen LogP contribution in [0.1, 0.15) is 30.9 Å². The molecule has 0 spiro atoms. The molecule has 1 aliphatic rings. The molecule has 1 fully saturated rings. The lowest BCUT2D eigenvalue weighted by Gasteiger charge is -2.16. The van der Waals surface area contributed by atoms with Gasteiger partial charge in [0.15, 0.2) is 11.5 Å². The lowest BCUT2D eigenvalue weighted by molar-refractivity contribution is 0.110. The van der Waals surface area contributed by atoms with Gasteiger partial charge in [0.25, 0.3) is 0 Å². The average molecular weight is 455 g/mol. The second-order valence-corrected chi connectivity index (χ2v) is 7.73. The van der Waals surface area contributed by atoms with Crippen molar-refractivity contribution in [2.24, 2.45) is 0 Å². The molecular weight excluding hydrogens is 430 g/mol. The van der Waals surface area contributed by atoms with Crippen molar-refractivity contribution in [2.75, 3.05) is 19.8 Å². The molecule has 0 amide bonds. The summed E-state index contributed by atoms with van der Waals surface area (Å²) in [6.45, 7) is 5.42. The minimum absolute atomic E-state index is 0.327. The first kappa shape index (κ1) is 20.5. The van der Waals surface area contributed by atoms with Crippen LogP contribution in [-0.2, 0) is 17.9 Å². The van der Waals surface area contributed by atoms with Gasteiger partial charge < -0.3 is 19.5 Å². The number of nitrogens with one attached hydrogen (secondary N) is 1. The van der Waals surface area contributed by atoms with E-state index in [0.717, 1.165) is 53.9 Å². The van der Waals surface area contributed by atoms with E-state index in [2.05, 4.69) is 21.2 Å². The molecule has 27 heavy (non-hydrogen) atoms. The summed E-state index contributed by atoms with van der Waals surface area (Å²) in [7, 11) is 0. The highest BCUT2D eigenvalue weighted by atomic mass is 79.9. The molecule has 1 heterocycles. The van der Waals surface area contributed by atoms with Crippen LogP contribution >= 0.6 is 27.5 Å². The molecule has 6 heteroatoms. The topological polar surface area (TPSA) is 39.7 Å². The van der Waals surface area contributed by atoms with E-state index >= 15 is 0 Å². The Bertz CT molecular complexity index is 750. The second kappa shape index (κ2) is 10.3. The highest BCUT2D eigenvalue weighted by molar-refractivity contribution is 9.10. The summed E-state index contributed by atoms with van der Waals surface area (Å²) < 4.78 is 18.4.